The molecular weight excluding hydrogens is 220 g/mol. The lowest BCUT2D eigenvalue weighted by atomic mass is 10.3. The Hall–Kier alpha value is -1.82. The van der Waals surface area contributed by atoms with E-state index in [4.69, 9.17) is 4.74 Å². The number of aromatic nitrogens is 1. The molecule has 1 aromatic heterocycles. The van der Waals surface area contributed by atoms with E-state index in [1.165, 1.54) is 7.11 Å². The molecule has 0 aliphatic heterocycles. The first kappa shape index (κ1) is 13.2. The van der Waals surface area contributed by atoms with Gasteiger partial charge in [0.1, 0.15) is 5.69 Å². The number of methoxy groups -OCH3 is 1. The number of nitrogens with zero attached hydrogens (tertiary/aromatic N) is 2. The minimum absolute atomic E-state index is 0.137. The van der Waals surface area contributed by atoms with Crippen molar-refractivity contribution in [3.05, 3.63) is 12.3 Å². The third-order valence-corrected chi connectivity index (χ3v) is 2.17. The summed E-state index contributed by atoms with van der Waals surface area (Å²) in [7, 11) is 7.02. The molecule has 0 aliphatic rings. The van der Waals surface area contributed by atoms with Gasteiger partial charge in [-0.3, -0.25) is 4.79 Å². The van der Waals surface area contributed by atoms with Gasteiger partial charge in [0.15, 0.2) is 0 Å². The summed E-state index contributed by atoms with van der Waals surface area (Å²) >= 11 is 0. The summed E-state index contributed by atoms with van der Waals surface area (Å²) in [6.45, 7) is 0.241. The van der Waals surface area contributed by atoms with Crippen molar-refractivity contribution < 1.29 is 9.53 Å². The number of ether oxygens (including phenoxy) is 1. The molecule has 2 N–H and O–H groups in total. The Labute approximate surface area is 101 Å². The van der Waals surface area contributed by atoms with Crippen molar-refractivity contribution >= 4 is 17.3 Å². The van der Waals surface area contributed by atoms with Gasteiger partial charge in [0, 0.05) is 20.3 Å². The first-order valence-electron chi connectivity index (χ1n) is 5.25. The molecule has 6 nitrogen and oxygen atoms in total. The van der Waals surface area contributed by atoms with Crippen molar-refractivity contribution in [3.63, 3.8) is 0 Å². The molecule has 1 aromatic rings. The van der Waals surface area contributed by atoms with E-state index in [-0.39, 0.29) is 12.5 Å². The first-order chi connectivity index (χ1) is 8.10. The number of carbonyl (C=O) groups excluding carboxylic acids is 1. The Kier molecular flexibility index (Phi) is 4.71. The number of amides is 1. The molecule has 0 bridgehead atoms. The third kappa shape index (κ3) is 3.32. The molecule has 0 aromatic carbocycles. The highest BCUT2D eigenvalue weighted by molar-refractivity contribution is 5.97. The van der Waals surface area contributed by atoms with Crippen LogP contribution in [-0.4, -0.2) is 45.7 Å². The maximum atomic E-state index is 11.6. The fraction of sp³-hybridized carbons (Fsp3) is 0.455. The van der Waals surface area contributed by atoms with Crippen LogP contribution in [0.5, 0.6) is 5.88 Å². The first-order valence-corrected chi connectivity index (χ1v) is 5.25. The van der Waals surface area contributed by atoms with Crippen LogP contribution in [0.25, 0.3) is 0 Å². The summed E-state index contributed by atoms with van der Waals surface area (Å²) in [5.41, 5.74) is 1.43. The SMILES string of the molecule is CNCC(=O)Nc1c(N(C)C)ccnc1OC. The molecule has 6 heteroatoms. The maximum Gasteiger partial charge on any atom is 0.239 e. The van der Waals surface area contributed by atoms with Crippen molar-refractivity contribution in [1.82, 2.24) is 10.3 Å². The topological polar surface area (TPSA) is 66.5 Å². The van der Waals surface area contributed by atoms with Crippen molar-refractivity contribution in [2.75, 3.05) is 45.0 Å². The highest BCUT2D eigenvalue weighted by atomic mass is 16.5. The third-order valence-electron chi connectivity index (χ3n) is 2.17. The lowest BCUT2D eigenvalue weighted by Crippen LogP contribution is -2.26. The van der Waals surface area contributed by atoms with Crippen LogP contribution in [0, 0.1) is 0 Å². The van der Waals surface area contributed by atoms with Crippen LogP contribution in [0.15, 0.2) is 12.3 Å². The van der Waals surface area contributed by atoms with E-state index in [1.54, 1.807) is 13.2 Å². The van der Waals surface area contributed by atoms with E-state index in [2.05, 4.69) is 15.6 Å². The molecule has 0 saturated heterocycles. The zero-order chi connectivity index (χ0) is 12.8. The monoisotopic (exact) mass is 238 g/mol. The van der Waals surface area contributed by atoms with Crippen LogP contribution >= 0.6 is 0 Å². The highest BCUT2D eigenvalue weighted by Gasteiger charge is 2.14. The van der Waals surface area contributed by atoms with E-state index < -0.39 is 0 Å². The zero-order valence-corrected chi connectivity index (χ0v) is 10.6. The molecule has 0 saturated carbocycles. The minimum atomic E-state index is -0.137. The van der Waals surface area contributed by atoms with Gasteiger partial charge < -0.3 is 20.3 Å². The van der Waals surface area contributed by atoms with Crippen LogP contribution in [-0.2, 0) is 4.79 Å². The Morgan fingerprint density at radius 2 is 2.24 bits per heavy atom. The van der Waals surface area contributed by atoms with Crippen molar-refractivity contribution in [2.45, 2.75) is 0 Å². The quantitative estimate of drug-likeness (QED) is 0.773. The summed E-state index contributed by atoms with van der Waals surface area (Å²) in [6.07, 6.45) is 1.64. The van der Waals surface area contributed by atoms with Gasteiger partial charge in [-0.1, -0.05) is 0 Å². The molecule has 0 atom stereocenters. The van der Waals surface area contributed by atoms with Gasteiger partial charge in [-0.15, -0.1) is 0 Å². The standard InChI is InChI=1S/C11H18N4O2/c1-12-7-9(16)14-10-8(15(2)3)5-6-13-11(10)17-4/h5-6,12H,7H2,1-4H3,(H,14,16). The molecule has 1 amide bonds. The van der Waals surface area contributed by atoms with Gasteiger partial charge in [-0.2, -0.15) is 0 Å². The van der Waals surface area contributed by atoms with Crippen LogP contribution in [0.4, 0.5) is 11.4 Å². The van der Waals surface area contributed by atoms with Crippen molar-refractivity contribution in [1.29, 1.82) is 0 Å². The van der Waals surface area contributed by atoms with Gasteiger partial charge in [-0.05, 0) is 13.1 Å². The lowest BCUT2D eigenvalue weighted by molar-refractivity contribution is -0.115. The number of pyridine rings is 1. The summed E-state index contributed by atoms with van der Waals surface area (Å²) in [5.74, 6) is 0.266. The lowest BCUT2D eigenvalue weighted by Gasteiger charge is -2.19. The van der Waals surface area contributed by atoms with Gasteiger partial charge in [-0.25, -0.2) is 4.98 Å². The molecule has 0 radical (unpaired) electrons. The summed E-state index contributed by atoms with van der Waals surface area (Å²) < 4.78 is 5.14. The number of rotatable bonds is 5. The minimum Gasteiger partial charge on any atom is -0.479 e. The molecule has 1 heterocycles. The Balaban J connectivity index is 3.04. The van der Waals surface area contributed by atoms with E-state index >= 15 is 0 Å². The van der Waals surface area contributed by atoms with Crippen molar-refractivity contribution in [3.8, 4) is 5.88 Å². The maximum absolute atomic E-state index is 11.6. The second kappa shape index (κ2) is 6.05. The van der Waals surface area contributed by atoms with Crippen LogP contribution in [0.3, 0.4) is 0 Å². The van der Waals surface area contributed by atoms with Gasteiger partial charge in [0.05, 0.1) is 19.3 Å². The smallest absolute Gasteiger partial charge is 0.239 e. The van der Waals surface area contributed by atoms with E-state index in [0.29, 0.717) is 11.6 Å². The van der Waals surface area contributed by atoms with Crippen LogP contribution in [0.2, 0.25) is 0 Å². The van der Waals surface area contributed by atoms with Gasteiger partial charge in [0.2, 0.25) is 11.8 Å². The zero-order valence-electron chi connectivity index (χ0n) is 10.6. The van der Waals surface area contributed by atoms with Crippen molar-refractivity contribution in [2.24, 2.45) is 0 Å². The largest absolute Gasteiger partial charge is 0.479 e. The van der Waals surface area contributed by atoms with Gasteiger partial charge in [0.25, 0.3) is 0 Å². The fourth-order valence-electron chi connectivity index (χ4n) is 1.42. The summed E-state index contributed by atoms with van der Waals surface area (Å²) in [5, 5.41) is 5.57. The number of hydrogen-bond donors (Lipinski definition) is 2. The Morgan fingerprint density at radius 3 is 2.76 bits per heavy atom. The molecule has 0 spiro atoms. The molecular formula is C11H18N4O2. The highest BCUT2D eigenvalue weighted by Crippen LogP contribution is 2.31. The van der Waals surface area contributed by atoms with Gasteiger partial charge >= 0.3 is 0 Å². The average Bonchev–Trinajstić information content (AvgIpc) is 2.29. The number of carbonyl (C=O) groups is 1. The molecule has 94 valence electrons. The molecule has 1 rings (SSSR count). The number of likely N-dealkylation sites (N-methyl/N-ethyl adjacent to an activating group) is 1. The molecule has 0 fully saturated rings. The second-order valence-corrected chi connectivity index (χ2v) is 3.69. The normalized spacial score (nSPS) is 9.88. The molecule has 0 unspecified atom stereocenters. The number of anilines is 2. The average molecular weight is 238 g/mol. The number of nitrogens with one attached hydrogen (secondary N) is 2. The number of hydrogen-bond acceptors (Lipinski definition) is 5. The Bertz CT molecular complexity index is 393. The van der Waals surface area contributed by atoms with E-state index in [1.807, 2.05) is 25.1 Å². The molecule has 0 aliphatic carbocycles. The van der Waals surface area contributed by atoms with E-state index in [0.717, 1.165) is 5.69 Å². The predicted octanol–water partition coefficient (Wildman–Crippen LogP) is 0.314. The summed E-state index contributed by atoms with van der Waals surface area (Å²) in [4.78, 5) is 17.5. The van der Waals surface area contributed by atoms with E-state index in [9.17, 15) is 4.79 Å². The molecule has 17 heavy (non-hydrogen) atoms. The van der Waals surface area contributed by atoms with Crippen LogP contribution < -0.4 is 20.3 Å². The predicted molar refractivity (Wildman–Crippen MR) is 67.7 cm³/mol. The summed E-state index contributed by atoms with van der Waals surface area (Å²) in [6, 6.07) is 1.82. The second-order valence-electron chi connectivity index (χ2n) is 3.69. The fourth-order valence-corrected chi connectivity index (χ4v) is 1.42. The Morgan fingerprint density at radius 1 is 1.53 bits per heavy atom. The van der Waals surface area contributed by atoms with Crippen LogP contribution in [0.1, 0.15) is 0 Å².